The molecule has 0 amide bonds. The zero-order valence-electron chi connectivity index (χ0n) is 13.5. The molecule has 4 nitrogen and oxygen atoms in total. The van der Waals surface area contributed by atoms with E-state index in [1.54, 1.807) is 0 Å². The number of allylic oxidation sites excluding steroid dienone is 2. The van der Waals surface area contributed by atoms with Gasteiger partial charge in [0.05, 0.1) is 12.2 Å². The van der Waals surface area contributed by atoms with Crippen molar-refractivity contribution >= 4 is 11.9 Å². The van der Waals surface area contributed by atoms with E-state index in [0.29, 0.717) is 12.8 Å². The van der Waals surface area contributed by atoms with Gasteiger partial charge in [-0.3, -0.25) is 0 Å². The molecule has 0 atom stereocenters. The van der Waals surface area contributed by atoms with E-state index >= 15 is 0 Å². The lowest BCUT2D eigenvalue weighted by Gasteiger charge is -2.12. The Morgan fingerprint density at radius 1 is 0.857 bits per heavy atom. The van der Waals surface area contributed by atoms with Crippen LogP contribution in [0.3, 0.4) is 0 Å². The van der Waals surface area contributed by atoms with Gasteiger partial charge in [0.25, 0.3) is 0 Å². The second-order valence-electron chi connectivity index (χ2n) is 5.80. The molecule has 0 aliphatic heterocycles. The summed E-state index contributed by atoms with van der Waals surface area (Å²) in [4.78, 5) is 23.9. The molecule has 21 heavy (non-hydrogen) atoms. The Morgan fingerprint density at radius 3 is 1.57 bits per heavy atom. The maximum Gasteiger partial charge on any atom is 0.333 e. The van der Waals surface area contributed by atoms with Gasteiger partial charge in [0.15, 0.2) is 0 Å². The molecule has 1 rings (SSSR count). The zero-order valence-corrected chi connectivity index (χ0v) is 13.5. The molecule has 0 aromatic heterocycles. The number of hydrogen-bond acceptors (Lipinski definition) is 4. The van der Waals surface area contributed by atoms with Crippen molar-refractivity contribution in [1.29, 1.82) is 0 Å². The molecule has 0 aromatic carbocycles. The summed E-state index contributed by atoms with van der Waals surface area (Å²) >= 11 is 0. The third-order valence-electron chi connectivity index (χ3n) is 3.05. The molecule has 0 unspecified atom stereocenters. The quantitative estimate of drug-likeness (QED) is 0.742. The molecule has 4 heteroatoms. The van der Waals surface area contributed by atoms with Crippen LogP contribution in [0.1, 0.15) is 59.8 Å². The van der Waals surface area contributed by atoms with Crippen molar-refractivity contribution < 1.29 is 19.1 Å². The molecule has 0 N–H and O–H groups in total. The fourth-order valence-corrected chi connectivity index (χ4v) is 2.14. The van der Waals surface area contributed by atoms with Crippen LogP contribution in [0.4, 0.5) is 0 Å². The first-order chi connectivity index (χ1) is 9.90. The molecule has 0 saturated heterocycles. The molecule has 0 heterocycles. The molecule has 1 aliphatic carbocycles. The van der Waals surface area contributed by atoms with E-state index in [9.17, 15) is 9.59 Å². The van der Waals surface area contributed by atoms with Gasteiger partial charge in [-0.15, -0.1) is 0 Å². The maximum atomic E-state index is 11.9. The molecule has 0 bridgehead atoms. The minimum atomic E-state index is -0.238. The summed E-state index contributed by atoms with van der Waals surface area (Å²) in [6.07, 6.45) is 7.13. The molecule has 0 aromatic rings. The third-order valence-corrected chi connectivity index (χ3v) is 3.05. The van der Waals surface area contributed by atoms with Crippen LogP contribution in [-0.4, -0.2) is 24.1 Å². The molecule has 118 valence electrons. The number of esters is 2. The lowest BCUT2D eigenvalue weighted by Crippen LogP contribution is -2.15. The average Bonchev–Trinajstić information content (AvgIpc) is 2.48. The van der Waals surface area contributed by atoms with Crippen molar-refractivity contribution in [3.8, 4) is 0 Å². The summed E-state index contributed by atoms with van der Waals surface area (Å²) in [5, 5.41) is 0. The van der Waals surface area contributed by atoms with Crippen LogP contribution in [0.2, 0.25) is 0 Å². The summed E-state index contributed by atoms with van der Waals surface area (Å²) in [5.41, 5.74) is 1.44. The Hall–Kier alpha value is -1.58. The van der Waals surface area contributed by atoms with E-state index in [-0.39, 0.29) is 24.1 Å². The van der Waals surface area contributed by atoms with Gasteiger partial charge in [-0.05, 0) is 59.8 Å². The summed E-state index contributed by atoms with van der Waals surface area (Å²) in [5.74, 6) is -0.476. The first kappa shape index (κ1) is 17.5. The Kier molecular flexibility index (Phi) is 7.20. The van der Waals surface area contributed by atoms with E-state index in [4.69, 9.17) is 9.47 Å². The average molecular weight is 294 g/mol. The third kappa shape index (κ3) is 6.61. The standard InChI is InChI=1S/C17H26O4/c1-12(2)20-16(18)14-8-5-6-9-15(11-7-10-14)17(19)21-13(3)4/h8-9,12-13H,5-7,10-11H2,1-4H3/b14-8+,15-9+. The Balaban J connectivity index is 2.61. The second kappa shape index (κ2) is 8.65. The predicted octanol–water partition coefficient (Wildman–Crippen LogP) is 3.71. The smallest absolute Gasteiger partial charge is 0.333 e. The van der Waals surface area contributed by atoms with E-state index < -0.39 is 0 Å². The van der Waals surface area contributed by atoms with Crippen LogP contribution in [0, 0.1) is 0 Å². The van der Waals surface area contributed by atoms with Crippen LogP contribution in [0.25, 0.3) is 0 Å². The van der Waals surface area contributed by atoms with Gasteiger partial charge in [-0.2, -0.15) is 0 Å². The zero-order chi connectivity index (χ0) is 15.8. The maximum absolute atomic E-state index is 11.9. The van der Waals surface area contributed by atoms with Crippen LogP contribution in [0.5, 0.6) is 0 Å². The highest BCUT2D eigenvalue weighted by atomic mass is 16.5. The van der Waals surface area contributed by atoms with Gasteiger partial charge in [0, 0.05) is 11.1 Å². The normalized spacial score (nSPS) is 21.4. The summed E-state index contributed by atoms with van der Waals surface area (Å²) < 4.78 is 10.5. The van der Waals surface area contributed by atoms with Crippen LogP contribution in [-0.2, 0) is 19.1 Å². The second-order valence-corrected chi connectivity index (χ2v) is 5.80. The molecular weight excluding hydrogens is 268 g/mol. The van der Waals surface area contributed by atoms with Crippen molar-refractivity contribution in [2.45, 2.75) is 72.0 Å². The van der Waals surface area contributed by atoms with E-state index in [0.717, 1.165) is 30.4 Å². The largest absolute Gasteiger partial charge is 0.460 e. The number of ether oxygens (including phenoxy) is 2. The Bertz CT molecular complexity index is 390. The highest BCUT2D eigenvalue weighted by molar-refractivity contribution is 5.89. The topological polar surface area (TPSA) is 52.6 Å². The first-order valence-corrected chi connectivity index (χ1v) is 7.70. The highest BCUT2D eigenvalue weighted by Gasteiger charge is 2.17. The lowest BCUT2D eigenvalue weighted by molar-refractivity contribution is -0.143. The van der Waals surface area contributed by atoms with Crippen molar-refractivity contribution in [2.24, 2.45) is 0 Å². The van der Waals surface area contributed by atoms with Crippen molar-refractivity contribution in [3.05, 3.63) is 23.3 Å². The van der Waals surface area contributed by atoms with Crippen molar-refractivity contribution in [2.75, 3.05) is 0 Å². The SMILES string of the molecule is CC(C)OC(=O)/C1=C/CC/C=C(/C(=O)OC(C)C)CCC1. The fraction of sp³-hybridized carbons (Fsp3) is 0.647. The summed E-state index contributed by atoms with van der Waals surface area (Å²) in [7, 11) is 0. The Morgan fingerprint density at radius 2 is 1.24 bits per heavy atom. The van der Waals surface area contributed by atoms with E-state index in [2.05, 4.69) is 0 Å². The van der Waals surface area contributed by atoms with Crippen LogP contribution in [0.15, 0.2) is 23.3 Å². The van der Waals surface area contributed by atoms with Gasteiger partial charge in [-0.1, -0.05) is 12.2 Å². The molecule has 0 fully saturated rings. The minimum Gasteiger partial charge on any atom is -0.460 e. The van der Waals surface area contributed by atoms with Crippen LogP contribution < -0.4 is 0 Å². The number of carbonyl (C=O) groups excluding carboxylic acids is 2. The minimum absolute atomic E-state index is 0.110. The van der Waals surface area contributed by atoms with Crippen molar-refractivity contribution in [1.82, 2.24) is 0 Å². The molecule has 1 aliphatic rings. The number of carbonyl (C=O) groups is 2. The van der Waals surface area contributed by atoms with Gasteiger partial charge in [0.1, 0.15) is 0 Å². The number of rotatable bonds is 4. The molecular formula is C17H26O4. The molecule has 0 spiro atoms. The van der Waals surface area contributed by atoms with E-state index in [1.807, 2.05) is 39.8 Å². The van der Waals surface area contributed by atoms with Gasteiger partial charge in [-0.25, -0.2) is 9.59 Å². The summed E-state index contributed by atoms with van der Waals surface area (Å²) in [6.45, 7) is 7.37. The van der Waals surface area contributed by atoms with Gasteiger partial charge >= 0.3 is 11.9 Å². The Labute approximate surface area is 127 Å². The fourth-order valence-electron chi connectivity index (χ4n) is 2.14. The highest BCUT2D eigenvalue weighted by Crippen LogP contribution is 2.20. The molecule has 0 saturated carbocycles. The number of hydrogen-bond donors (Lipinski definition) is 0. The lowest BCUT2D eigenvalue weighted by atomic mass is 10.0. The molecule has 0 radical (unpaired) electrons. The van der Waals surface area contributed by atoms with Gasteiger partial charge in [0.2, 0.25) is 0 Å². The predicted molar refractivity (Wildman–Crippen MR) is 81.7 cm³/mol. The summed E-state index contributed by atoms with van der Waals surface area (Å²) in [6, 6.07) is 0. The van der Waals surface area contributed by atoms with Crippen LogP contribution >= 0.6 is 0 Å². The first-order valence-electron chi connectivity index (χ1n) is 7.70. The van der Waals surface area contributed by atoms with E-state index in [1.165, 1.54) is 0 Å². The monoisotopic (exact) mass is 294 g/mol. The van der Waals surface area contributed by atoms with Gasteiger partial charge < -0.3 is 9.47 Å². The van der Waals surface area contributed by atoms with Crippen molar-refractivity contribution in [3.63, 3.8) is 0 Å².